The summed E-state index contributed by atoms with van der Waals surface area (Å²) < 4.78 is 45.0. The Morgan fingerprint density at radius 3 is 2.17 bits per heavy atom. The highest BCUT2D eigenvalue weighted by molar-refractivity contribution is 5.76. The summed E-state index contributed by atoms with van der Waals surface area (Å²) in [4.78, 5) is 22.0. The fourth-order valence-electron chi connectivity index (χ4n) is 1.89. The summed E-state index contributed by atoms with van der Waals surface area (Å²) in [6.07, 6.45) is -4.44. The van der Waals surface area contributed by atoms with E-state index in [0.29, 0.717) is 12.8 Å². The lowest BCUT2D eigenvalue weighted by atomic mass is 9.87. The van der Waals surface area contributed by atoms with Gasteiger partial charge >= 0.3 is 18.1 Å². The molecule has 0 aromatic heterocycles. The van der Waals surface area contributed by atoms with Crippen LogP contribution in [0.4, 0.5) is 13.2 Å². The van der Waals surface area contributed by atoms with Gasteiger partial charge in [0.15, 0.2) is 0 Å². The van der Waals surface area contributed by atoms with Crippen LogP contribution in [0.2, 0.25) is 0 Å². The van der Waals surface area contributed by atoms with Crippen molar-refractivity contribution in [1.29, 1.82) is 0 Å². The molecule has 0 unspecified atom stereocenters. The van der Waals surface area contributed by atoms with Crippen LogP contribution in [-0.4, -0.2) is 30.8 Å². The minimum absolute atomic E-state index is 0.255. The minimum Gasteiger partial charge on any atom is -0.466 e. The number of carbonyl (C=O) groups is 2. The maximum absolute atomic E-state index is 12.0. The predicted molar refractivity (Wildman–Crippen MR) is 54.5 cm³/mol. The molecule has 0 heterocycles. The van der Waals surface area contributed by atoms with E-state index in [9.17, 15) is 22.8 Å². The van der Waals surface area contributed by atoms with Gasteiger partial charge in [0.25, 0.3) is 0 Å². The van der Waals surface area contributed by atoms with Crippen LogP contribution in [0.15, 0.2) is 0 Å². The van der Waals surface area contributed by atoms with E-state index in [1.54, 1.807) is 6.92 Å². The molecule has 1 saturated carbocycles. The van der Waals surface area contributed by atoms with Gasteiger partial charge in [-0.05, 0) is 32.6 Å². The quantitative estimate of drug-likeness (QED) is 0.736. The number of hydrogen-bond donors (Lipinski definition) is 0. The molecule has 4 nitrogen and oxygen atoms in total. The van der Waals surface area contributed by atoms with Crippen LogP contribution in [0.3, 0.4) is 0 Å². The Kier molecular flexibility index (Phi) is 4.98. The molecular weight excluding hydrogens is 253 g/mol. The largest absolute Gasteiger partial charge is 0.490 e. The van der Waals surface area contributed by atoms with Crippen molar-refractivity contribution < 1.29 is 32.2 Å². The van der Waals surface area contributed by atoms with Gasteiger partial charge in [-0.25, -0.2) is 4.79 Å². The van der Waals surface area contributed by atoms with Crippen LogP contribution < -0.4 is 0 Å². The van der Waals surface area contributed by atoms with Gasteiger partial charge in [0.2, 0.25) is 0 Å². The second kappa shape index (κ2) is 6.06. The molecule has 1 fully saturated rings. The maximum atomic E-state index is 12.0. The Balaban J connectivity index is 2.36. The van der Waals surface area contributed by atoms with E-state index in [2.05, 4.69) is 4.74 Å². The van der Waals surface area contributed by atoms with Crippen molar-refractivity contribution in [2.75, 3.05) is 6.61 Å². The Morgan fingerprint density at radius 2 is 1.72 bits per heavy atom. The zero-order valence-corrected chi connectivity index (χ0v) is 9.96. The molecule has 0 radical (unpaired) electrons. The summed E-state index contributed by atoms with van der Waals surface area (Å²) in [6.45, 7) is 1.97. The lowest BCUT2D eigenvalue weighted by Crippen LogP contribution is -2.33. The van der Waals surface area contributed by atoms with Crippen LogP contribution >= 0.6 is 0 Å². The Hall–Kier alpha value is -1.27. The average molecular weight is 268 g/mol. The van der Waals surface area contributed by atoms with Crippen LogP contribution in [0.5, 0.6) is 0 Å². The van der Waals surface area contributed by atoms with Crippen molar-refractivity contribution in [3.63, 3.8) is 0 Å². The monoisotopic (exact) mass is 268 g/mol. The first-order chi connectivity index (χ1) is 8.34. The molecule has 0 saturated heterocycles. The number of halogens is 3. The molecule has 0 bridgehead atoms. The predicted octanol–water partition coefficient (Wildman–Crippen LogP) is 2.21. The first kappa shape index (κ1) is 14.8. The number of alkyl halides is 3. The first-order valence-electron chi connectivity index (χ1n) is 5.79. The summed E-state index contributed by atoms with van der Waals surface area (Å²) in [5.41, 5.74) is 0. The summed E-state index contributed by atoms with van der Waals surface area (Å²) in [5.74, 6) is -2.80. The molecule has 0 atom stereocenters. The fourth-order valence-corrected chi connectivity index (χ4v) is 1.89. The molecule has 1 aliphatic carbocycles. The van der Waals surface area contributed by atoms with Gasteiger partial charge < -0.3 is 9.47 Å². The Morgan fingerprint density at radius 1 is 1.17 bits per heavy atom. The number of ether oxygens (including phenoxy) is 2. The molecule has 0 amide bonds. The van der Waals surface area contributed by atoms with Crippen molar-refractivity contribution in [2.45, 2.75) is 44.9 Å². The van der Waals surface area contributed by atoms with Crippen molar-refractivity contribution in [3.8, 4) is 0 Å². The van der Waals surface area contributed by atoms with Gasteiger partial charge in [0.05, 0.1) is 12.5 Å². The average Bonchev–Trinajstić information content (AvgIpc) is 2.29. The highest BCUT2D eigenvalue weighted by Gasteiger charge is 2.43. The number of rotatable bonds is 3. The van der Waals surface area contributed by atoms with Crippen molar-refractivity contribution in [2.24, 2.45) is 5.92 Å². The molecule has 7 heteroatoms. The molecule has 18 heavy (non-hydrogen) atoms. The van der Waals surface area contributed by atoms with Crippen molar-refractivity contribution >= 4 is 11.9 Å². The third kappa shape index (κ3) is 4.19. The highest BCUT2D eigenvalue weighted by atomic mass is 19.4. The topological polar surface area (TPSA) is 52.6 Å². The zero-order chi connectivity index (χ0) is 13.8. The van der Waals surface area contributed by atoms with E-state index in [-0.39, 0.29) is 31.3 Å². The van der Waals surface area contributed by atoms with Crippen LogP contribution in [-0.2, 0) is 19.1 Å². The maximum Gasteiger partial charge on any atom is 0.490 e. The van der Waals surface area contributed by atoms with Crippen LogP contribution in [0.25, 0.3) is 0 Å². The van der Waals surface area contributed by atoms with Gasteiger partial charge in [-0.2, -0.15) is 13.2 Å². The van der Waals surface area contributed by atoms with E-state index in [0.717, 1.165) is 0 Å². The minimum atomic E-state index is -4.96. The Labute approximate surface area is 102 Å². The van der Waals surface area contributed by atoms with Crippen molar-refractivity contribution in [1.82, 2.24) is 0 Å². The fraction of sp³-hybridized carbons (Fsp3) is 0.818. The number of esters is 2. The third-order valence-electron chi connectivity index (χ3n) is 2.80. The second-order valence-electron chi connectivity index (χ2n) is 4.13. The smallest absolute Gasteiger partial charge is 0.466 e. The van der Waals surface area contributed by atoms with E-state index in [1.807, 2.05) is 0 Å². The summed E-state index contributed by atoms with van der Waals surface area (Å²) in [5, 5.41) is 0. The normalized spacial score (nSPS) is 24.4. The molecule has 1 rings (SSSR count). The molecule has 0 aliphatic heterocycles. The van der Waals surface area contributed by atoms with Gasteiger partial charge in [0, 0.05) is 0 Å². The van der Waals surface area contributed by atoms with Gasteiger partial charge in [-0.15, -0.1) is 0 Å². The number of carbonyl (C=O) groups excluding carboxylic acids is 2. The molecule has 1 aliphatic rings. The van der Waals surface area contributed by atoms with E-state index in [1.165, 1.54) is 0 Å². The highest BCUT2D eigenvalue weighted by Crippen LogP contribution is 2.29. The van der Waals surface area contributed by atoms with Gasteiger partial charge in [0.1, 0.15) is 6.10 Å². The van der Waals surface area contributed by atoms with Crippen LogP contribution in [0.1, 0.15) is 32.6 Å². The van der Waals surface area contributed by atoms with Gasteiger partial charge in [-0.1, -0.05) is 0 Å². The lowest BCUT2D eigenvalue weighted by Gasteiger charge is -2.27. The Bertz CT molecular complexity index is 306. The van der Waals surface area contributed by atoms with E-state index >= 15 is 0 Å². The molecule has 0 aromatic rings. The van der Waals surface area contributed by atoms with E-state index < -0.39 is 18.2 Å². The second-order valence-corrected chi connectivity index (χ2v) is 4.13. The third-order valence-corrected chi connectivity index (χ3v) is 2.80. The molecule has 0 N–H and O–H groups in total. The molecule has 104 valence electrons. The van der Waals surface area contributed by atoms with Crippen LogP contribution in [0, 0.1) is 5.92 Å². The molecular formula is C11H15F3O4. The summed E-state index contributed by atoms with van der Waals surface area (Å²) in [6, 6.07) is 0. The van der Waals surface area contributed by atoms with Gasteiger partial charge in [-0.3, -0.25) is 4.79 Å². The molecule has 0 spiro atoms. The SMILES string of the molecule is CCOC(=O)C1CCC(OC(=O)C(F)(F)F)CC1. The molecule has 0 aromatic carbocycles. The zero-order valence-electron chi connectivity index (χ0n) is 9.96. The summed E-state index contributed by atoms with van der Waals surface area (Å²) >= 11 is 0. The van der Waals surface area contributed by atoms with Crippen molar-refractivity contribution in [3.05, 3.63) is 0 Å². The number of hydrogen-bond acceptors (Lipinski definition) is 4. The summed E-state index contributed by atoms with van der Waals surface area (Å²) in [7, 11) is 0. The van der Waals surface area contributed by atoms with E-state index in [4.69, 9.17) is 4.74 Å². The standard InChI is InChI=1S/C11H15F3O4/c1-2-17-9(15)7-3-5-8(6-4-7)18-10(16)11(12,13)14/h7-8H,2-6H2,1H3. The lowest BCUT2D eigenvalue weighted by molar-refractivity contribution is -0.206. The first-order valence-corrected chi connectivity index (χ1v) is 5.79.